The lowest BCUT2D eigenvalue weighted by atomic mass is 10.1. The second kappa shape index (κ2) is 6.05. The van der Waals surface area contributed by atoms with Crippen LogP contribution >= 0.6 is 0 Å². The Morgan fingerprint density at radius 1 is 1.50 bits per heavy atom. The number of nitro groups is 1. The van der Waals surface area contributed by atoms with Gasteiger partial charge in [-0.05, 0) is 24.8 Å². The van der Waals surface area contributed by atoms with E-state index in [1.54, 1.807) is 6.07 Å². The summed E-state index contributed by atoms with van der Waals surface area (Å²) in [4.78, 5) is 13.9. The van der Waals surface area contributed by atoms with Crippen LogP contribution in [0.15, 0.2) is 18.3 Å². The molecule has 0 fully saturated rings. The Kier molecular flexibility index (Phi) is 4.69. The van der Waals surface area contributed by atoms with Gasteiger partial charge in [0.2, 0.25) is 0 Å². The van der Waals surface area contributed by atoms with Crippen LogP contribution in [0.3, 0.4) is 0 Å². The molecule has 0 aliphatic carbocycles. The number of hydrogen-bond acceptors (Lipinski definition) is 4. The van der Waals surface area contributed by atoms with Crippen LogP contribution in [0.5, 0.6) is 0 Å². The molecule has 1 N–H and O–H groups in total. The van der Waals surface area contributed by atoms with E-state index in [1.807, 2.05) is 0 Å². The lowest BCUT2D eigenvalue weighted by Crippen LogP contribution is -2.04. The zero-order valence-corrected chi connectivity index (χ0v) is 9.64. The third kappa shape index (κ3) is 4.25. The first-order chi connectivity index (χ1) is 7.59. The van der Waals surface area contributed by atoms with Gasteiger partial charge in [-0.25, -0.2) is 4.98 Å². The van der Waals surface area contributed by atoms with Crippen molar-refractivity contribution in [2.45, 2.75) is 26.7 Å². The van der Waals surface area contributed by atoms with Crippen molar-refractivity contribution in [3.8, 4) is 0 Å². The van der Waals surface area contributed by atoms with Gasteiger partial charge in [0.05, 0.1) is 4.92 Å². The highest BCUT2D eigenvalue weighted by Gasteiger charge is 2.04. The molecule has 0 spiro atoms. The Balaban J connectivity index is 2.35. The largest absolute Gasteiger partial charge is 0.370 e. The van der Waals surface area contributed by atoms with Crippen molar-refractivity contribution in [1.29, 1.82) is 0 Å². The van der Waals surface area contributed by atoms with Crippen molar-refractivity contribution in [2.75, 3.05) is 11.9 Å². The average molecular weight is 223 g/mol. The molecule has 0 saturated heterocycles. The van der Waals surface area contributed by atoms with Crippen LogP contribution < -0.4 is 5.32 Å². The second-order valence-corrected chi connectivity index (χ2v) is 4.12. The Labute approximate surface area is 95.0 Å². The van der Waals surface area contributed by atoms with Gasteiger partial charge in [0.1, 0.15) is 12.0 Å². The van der Waals surface area contributed by atoms with E-state index < -0.39 is 4.92 Å². The topological polar surface area (TPSA) is 68.1 Å². The minimum Gasteiger partial charge on any atom is -0.370 e. The van der Waals surface area contributed by atoms with E-state index in [4.69, 9.17) is 0 Å². The Hall–Kier alpha value is -1.65. The van der Waals surface area contributed by atoms with Crippen LogP contribution in [-0.4, -0.2) is 16.5 Å². The minimum absolute atomic E-state index is 0.0210. The van der Waals surface area contributed by atoms with Crippen molar-refractivity contribution in [3.63, 3.8) is 0 Å². The molecule has 88 valence electrons. The van der Waals surface area contributed by atoms with Crippen molar-refractivity contribution in [3.05, 3.63) is 28.4 Å². The summed E-state index contributed by atoms with van der Waals surface area (Å²) in [6.45, 7) is 5.22. The molecule has 0 bridgehead atoms. The predicted molar refractivity (Wildman–Crippen MR) is 63.5 cm³/mol. The molecule has 5 nitrogen and oxygen atoms in total. The fourth-order valence-corrected chi connectivity index (χ4v) is 1.33. The van der Waals surface area contributed by atoms with E-state index in [2.05, 4.69) is 24.1 Å². The van der Waals surface area contributed by atoms with Gasteiger partial charge in [-0.1, -0.05) is 13.8 Å². The molecule has 0 aliphatic heterocycles. The van der Waals surface area contributed by atoms with Crippen LogP contribution in [0.1, 0.15) is 26.7 Å². The third-order valence-electron chi connectivity index (χ3n) is 2.22. The summed E-state index contributed by atoms with van der Waals surface area (Å²) in [5.41, 5.74) is 0.0210. The van der Waals surface area contributed by atoms with Crippen LogP contribution in [0.2, 0.25) is 0 Å². The molecule has 0 radical (unpaired) electrons. The predicted octanol–water partition coefficient (Wildman–Crippen LogP) is 2.84. The van der Waals surface area contributed by atoms with Gasteiger partial charge in [-0.3, -0.25) is 10.1 Å². The number of hydrogen-bond donors (Lipinski definition) is 1. The third-order valence-corrected chi connectivity index (χ3v) is 2.22. The summed E-state index contributed by atoms with van der Waals surface area (Å²) >= 11 is 0. The Morgan fingerprint density at radius 2 is 2.25 bits per heavy atom. The summed E-state index contributed by atoms with van der Waals surface area (Å²) in [6.07, 6.45) is 3.51. The van der Waals surface area contributed by atoms with Crippen molar-refractivity contribution < 1.29 is 4.92 Å². The average Bonchev–Trinajstić information content (AvgIpc) is 2.25. The summed E-state index contributed by atoms with van der Waals surface area (Å²) in [7, 11) is 0. The van der Waals surface area contributed by atoms with Crippen LogP contribution in [0.25, 0.3) is 0 Å². The highest BCUT2D eigenvalue weighted by molar-refractivity contribution is 5.39. The van der Waals surface area contributed by atoms with E-state index in [1.165, 1.54) is 18.7 Å². The van der Waals surface area contributed by atoms with Gasteiger partial charge in [0.25, 0.3) is 5.69 Å². The molecule has 0 saturated carbocycles. The molecule has 1 heterocycles. The Bertz CT molecular complexity index is 336. The first-order valence-electron chi connectivity index (χ1n) is 5.44. The van der Waals surface area contributed by atoms with Crippen molar-refractivity contribution in [1.82, 2.24) is 4.98 Å². The molecule has 0 unspecified atom stereocenters. The molecule has 5 heteroatoms. The normalized spacial score (nSPS) is 10.4. The number of nitrogens with zero attached hydrogens (tertiary/aromatic N) is 2. The lowest BCUT2D eigenvalue weighted by molar-refractivity contribution is -0.385. The van der Waals surface area contributed by atoms with Crippen molar-refractivity contribution in [2.24, 2.45) is 5.92 Å². The highest BCUT2D eigenvalue weighted by Crippen LogP contribution is 2.12. The molecule has 0 amide bonds. The number of aromatic nitrogens is 1. The maximum atomic E-state index is 10.4. The molecule has 1 rings (SSSR count). The van der Waals surface area contributed by atoms with Crippen LogP contribution in [0.4, 0.5) is 11.5 Å². The summed E-state index contributed by atoms with van der Waals surface area (Å²) in [5.74, 6) is 1.39. The highest BCUT2D eigenvalue weighted by atomic mass is 16.6. The SMILES string of the molecule is CC(C)CCCNc1ccc([N+](=O)[O-])cn1. The molecule has 16 heavy (non-hydrogen) atoms. The minimum atomic E-state index is -0.449. The van der Waals surface area contributed by atoms with E-state index in [0.717, 1.165) is 13.0 Å². The molecule has 0 aliphatic rings. The quantitative estimate of drug-likeness (QED) is 0.457. The number of anilines is 1. The Morgan fingerprint density at radius 3 is 2.75 bits per heavy atom. The maximum absolute atomic E-state index is 10.4. The number of rotatable bonds is 6. The molecule has 0 atom stereocenters. The molecule has 0 aromatic carbocycles. The summed E-state index contributed by atoms with van der Waals surface area (Å²) in [5, 5.41) is 13.5. The lowest BCUT2D eigenvalue weighted by Gasteiger charge is -2.06. The maximum Gasteiger partial charge on any atom is 0.287 e. The van der Waals surface area contributed by atoms with E-state index >= 15 is 0 Å². The van der Waals surface area contributed by atoms with Gasteiger partial charge in [-0.2, -0.15) is 0 Å². The zero-order chi connectivity index (χ0) is 12.0. The van der Waals surface area contributed by atoms with E-state index in [0.29, 0.717) is 11.7 Å². The first kappa shape index (κ1) is 12.4. The van der Waals surface area contributed by atoms with Crippen LogP contribution in [0, 0.1) is 16.0 Å². The molecular weight excluding hydrogens is 206 g/mol. The zero-order valence-electron chi connectivity index (χ0n) is 9.64. The van der Waals surface area contributed by atoms with Gasteiger partial charge in [-0.15, -0.1) is 0 Å². The fourth-order valence-electron chi connectivity index (χ4n) is 1.33. The van der Waals surface area contributed by atoms with Gasteiger partial charge in [0.15, 0.2) is 0 Å². The fraction of sp³-hybridized carbons (Fsp3) is 0.545. The number of nitrogens with one attached hydrogen (secondary N) is 1. The molecular formula is C11H17N3O2. The monoisotopic (exact) mass is 223 g/mol. The summed E-state index contributed by atoms with van der Waals surface area (Å²) in [6, 6.07) is 3.09. The number of pyridine rings is 1. The van der Waals surface area contributed by atoms with Gasteiger partial charge >= 0.3 is 0 Å². The first-order valence-corrected chi connectivity index (χ1v) is 5.44. The summed E-state index contributed by atoms with van der Waals surface area (Å²) < 4.78 is 0. The smallest absolute Gasteiger partial charge is 0.287 e. The standard InChI is InChI=1S/C11H17N3O2/c1-9(2)4-3-7-12-11-6-5-10(8-13-11)14(15)16/h5-6,8-9H,3-4,7H2,1-2H3,(H,12,13). The van der Waals surface area contributed by atoms with Crippen molar-refractivity contribution >= 4 is 11.5 Å². The van der Waals surface area contributed by atoms with Crippen LogP contribution in [-0.2, 0) is 0 Å². The van der Waals surface area contributed by atoms with Gasteiger partial charge < -0.3 is 5.32 Å². The molecule has 1 aromatic rings. The van der Waals surface area contributed by atoms with E-state index in [-0.39, 0.29) is 5.69 Å². The van der Waals surface area contributed by atoms with E-state index in [9.17, 15) is 10.1 Å². The second-order valence-electron chi connectivity index (χ2n) is 4.12. The molecule has 1 aromatic heterocycles. The van der Waals surface area contributed by atoms with Gasteiger partial charge in [0, 0.05) is 12.6 Å².